The van der Waals surface area contributed by atoms with E-state index in [4.69, 9.17) is 4.74 Å². The lowest BCUT2D eigenvalue weighted by molar-refractivity contribution is -0.162. The first kappa shape index (κ1) is 13.7. The van der Waals surface area contributed by atoms with Crippen molar-refractivity contribution in [1.29, 1.82) is 0 Å². The van der Waals surface area contributed by atoms with Gasteiger partial charge in [0.1, 0.15) is 6.29 Å². The average molecular weight is 268 g/mol. The first-order chi connectivity index (χ1) is 9.06. The summed E-state index contributed by atoms with van der Waals surface area (Å²) in [6.07, 6.45) is 1.40. The Balaban J connectivity index is 2.28. The molecule has 19 heavy (non-hydrogen) atoms. The van der Waals surface area contributed by atoms with Gasteiger partial charge in [-0.05, 0) is 24.2 Å². The normalized spacial score (nSPS) is 39.7. The van der Waals surface area contributed by atoms with E-state index < -0.39 is 29.7 Å². The Labute approximate surface area is 110 Å². The number of fused-ring (bicyclic) bond motifs is 2. The van der Waals surface area contributed by atoms with E-state index in [9.17, 15) is 19.2 Å². The second kappa shape index (κ2) is 5.11. The van der Waals surface area contributed by atoms with E-state index in [1.165, 1.54) is 7.11 Å². The third-order valence-electron chi connectivity index (χ3n) is 4.68. The van der Waals surface area contributed by atoms with Gasteiger partial charge in [-0.15, -0.1) is 0 Å². The molecule has 0 saturated heterocycles. The van der Waals surface area contributed by atoms with Crippen molar-refractivity contribution in [3.05, 3.63) is 0 Å². The first-order valence-electron chi connectivity index (χ1n) is 6.24. The molecule has 6 atom stereocenters. The molecule has 2 saturated carbocycles. The molecular formula is C13H16O6. The molecule has 6 unspecified atom stereocenters. The van der Waals surface area contributed by atoms with E-state index in [1.54, 1.807) is 0 Å². The summed E-state index contributed by atoms with van der Waals surface area (Å²) >= 11 is 0. The highest BCUT2D eigenvalue weighted by molar-refractivity contribution is 5.84. The molecule has 2 aliphatic rings. The molecule has 0 aromatic rings. The topological polar surface area (TPSA) is 86.7 Å². The van der Waals surface area contributed by atoms with Crippen molar-refractivity contribution >= 4 is 24.7 Å². The summed E-state index contributed by atoms with van der Waals surface area (Å²) in [5.74, 6) is -3.01. The summed E-state index contributed by atoms with van der Waals surface area (Å²) in [5, 5.41) is 0. The van der Waals surface area contributed by atoms with E-state index >= 15 is 0 Å². The Morgan fingerprint density at radius 2 is 1.79 bits per heavy atom. The maximum atomic E-state index is 11.8. The van der Waals surface area contributed by atoms with Crippen LogP contribution in [0.3, 0.4) is 0 Å². The molecule has 0 aromatic heterocycles. The van der Waals surface area contributed by atoms with Crippen molar-refractivity contribution < 1.29 is 28.7 Å². The molecule has 0 aliphatic heterocycles. The Hall–Kier alpha value is -1.72. The van der Waals surface area contributed by atoms with Crippen LogP contribution in [0.1, 0.15) is 13.3 Å². The third-order valence-corrected chi connectivity index (χ3v) is 4.68. The molecule has 6 nitrogen and oxygen atoms in total. The number of esters is 2. The zero-order chi connectivity index (χ0) is 14.2. The van der Waals surface area contributed by atoms with Crippen molar-refractivity contribution in [2.45, 2.75) is 13.3 Å². The van der Waals surface area contributed by atoms with Crippen LogP contribution < -0.4 is 0 Å². The predicted octanol–water partition coefficient (Wildman–Crippen LogP) is 0.192. The number of carbonyl (C=O) groups is 4. The van der Waals surface area contributed by atoms with Gasteiger partial charge in [-0.1, -0.05) is 6.92 Å². The lowest BCUT2D eigenvalue weighted by atomic mass is 9.69. The average Bonchev–Trinajstić information content (AvgIpc) is 2.92. The van der Waals surface area contributed by atoms with E-state index in [-0.39, 0.29) is 24.2 Å². The molecule has 0 amide bonds. The minimum atomic E-state index is -0.617. The zero-order valence-corrected chi connectivity index (χ0v) is 10.8. The van der Waals surface area contributed by atoms with Crippen LogP contribution >= 0.6 is 0 Å². The summed E-state index contributed by atoms with van der Waals surface area (Å²) in [7, 11) is 1.26. The van der Waals surface area contributed by atoms with Crippen LogP contribution in [-0.4, -0.2) is 31.8 Å². The molecule has 0 heterocycles. The second-order valence-corrected chi connectivity index (χ2v) is 5.24. The predicted molar refractivity (Wildman–Crippen MR) is 61.5 cm³/mol. The van der Waals surface area contributed by atoms with Crippen LogP contribution in [0.4, 0.5) is 0 Å². The molecule has 2 aliphatic carbocycles. The van der Waals surface area contributed by atoms with E-state index in [2.05, 4.69) is 4.74 Å². The molecular weight excluding hydrogens is 252 g/mol. The van der Waals surface area contributed by atoms with Gasteiger partial charge in [0.15, 0.2) is 0 Å². The summed E-state index contributed by atoms with van der Waals surface area (Å²) in [6, 6.07) is 0. The highest BCUT2D eigenvalue weighted by atomic mass is 16.6. The van der Waals surface area contributed by atoms with Crippen LogP contribution in [-0.2, 0) is 28.7 Å². The molecule has 6 heteroatoms. The zero-order valence-electron chi connectivity index (χ0n) is 10.8. The van der Waals surface area contributed by atoms with Gasteiger partial charge in [-0.25, -0.2) is 0 Å². The molecule has 0 spiro atoms. The first-order valence-corrected chi connectivity index (χ1v) is 6.24. The van der Waals surface area contributed by atoms with Gasteiger partial charge < -0.3 is 14.3 Å². The van der Waals surface area contributed by atoms with Gasteiger partial charge in [-0.2, -0.15) is 0 Å². The largest absolute Gasteiger partial charge is 0.469 e. The van der Waals surface area contributed by atoms with Gasteiger partial charge in [0, 0.05) is 5.92 Å². The van der Waals surface area contributed by atoms with Crippen LogP contribution in [0, 0.1) is 35.5 Å². The Morgan fingerprint density at radius 3 is 2.32 bits per heavy atom. The van der Waals surface area contributed by atoms with Gasteiger partial charge >= 0.3 is 18.4 Å². The van der Waals surface area contributed by atoms with Crippen LogP contribution in [0.5, 0.6) is 0 Å². The smallest absolute Gasteiger partial charge is 0.316 e. The van der Waals surface area contributed by atoms with Gasteiger partial charge in [0.05, 0.1) is 18.9 Å². The van der Waals surface area contributed by atoms with E-state index in [0.717, 1.165) is 6.29 Å². The molecule has 0 N–H and O–H groups in total. The molecule has 0 radical (unpaired) electrons. The highest BCUT2D eigenvalue weighted by Crippen LogP contribution is 2.58. The molecule has 104 valence electrons. The summed E-state index contributed by atoms with van der Waals surface area (Å²) in [5.41, 5.74) is 0. The van der Waals surface area contributed by atoms with E-state index in [1.807, 2.05) is 6.92 Å². The SMILES string of the molecule is COC(=O)C1C(C=O)C2CC1C(C(=O)OC=O)C2C. The molecule has 0 aromatic carbocycles. The second-order valence-electron chi connectivity index (χ2n) is 5.24. The van der Waals surface area contributed by atoms with E-state index in [0.29, 0.717) is 6.42 Å². The lowest BCUT2D eigenvalue weighted by Crippen LogP contribution is -2.42. The van der Waals surface area contributed by atoms with Crippen LogP contribution in [0.25, 0.3) is 0 Å². The number of hydrogen-bond acceptors (Lipinski definition) is 6. The standard InChI is InChI=1S/C13H16O6/c1-6-7-3-8(10(6)13(17)19-5-15)11(9(7)4-14)12(16)18-2/h4-11H,3H2,1-2H3. The minimum absolute atomic E-state index is 0.0317. The quantitative estimate of drug-likeness (QED) is 0.411. The van der Waals surface area contributed by atoms with Crippen molar-refractivity contribution in [3.8, 4) is 0 Å². The summed E-state index contributed by atoms with van der Waals surface area (Å²) in [6.45, 7) is 1.96. The number of hydrogen-bond donors (Lipinski definition) is 0. The molecule has 2 fully saturated rings. The van der Waals surface area contributed by atoms with Crippen molar-refractivity contribution in [2.75, 3.05) is 7.11 Å². The van der Waals surface area contributed by atoms with Gasteiger partial charge in [0.2, 0.25) is 0 Å². The van der Waals surface area contributed by atoms with Gasteiger partial charge in [0.25, 0.3) is 0 Å². The van der Waals surface area contributed by atoms with Crippen LogP contribution in [0.2, 0.25) is 0 Å². The Morgan fingerprint density at radius 1 is 1.11 bits per heavy atom. The maximum Gasteiger partial charge on any atom is 0.316 e. The minimum Gasteiger partial charge on any atom is -0.469 e. The van der Waals surface area contributed by atoms with Crippen molar-refractivity contribution in [2.24, 2.45) is 35.5 Å². The fourth-order valence-corrected chi connectivity index (χ4v) is 3.93. The lowest BCUT2D eigenvalue weighted by Gasteiger charge is -2.34. The number of rotatable bonds is 4. The highest BCUT2D eigenvalue weighted by Gasteiger charge is 2.61. The van der Waals surface area contributed by atoms with Crippen molar-refractivity contribution in [1.82, 2.24) is 0 Å². The summed E-state index contributed by atoms with van der Waals surface area (Å²) < 4.78 is 9.14. The fraction of sp³-hybridized carbons (Fsp3) is 0.692. The summed E-state index contributed by atoms with van der Waals surface area (Å²) in [4.78, 5) is 45.1. The Kier molecular flexibility index (Phi) is 3.68. The fourth-order valence-electron chi connectivity index (χ4n) is 3.93. The monoisotopic (exact) mass is 268 g/mol. The number of ether oxygens (including phenoxy) is 2. The van der Waals surface area contributed by atoms with Crippen molar-refractivity contribution in [3.63, 3.8) is 0 Å². The maximum absolute atomic E-state index is 11.8. The number of carbonyl (C=O) groups excluding carboxylic acids is 4. The Bertz CT molecular complexity index is 417. The van der Waals surface area contributed by atoms with Gasteiger partial charge in [-0.3, -0.25) is 14.4 Å². The number of aldehydes is 1. The van der Waals surface area contributed by atoms with Crippen LogP contribution in [0.15, 0.2) is 0 Å². The number of methoxy groups -OCH3 is 1. The molecule has 2 bridgehead atoms. The molecule has 2 rings (SSSR count). The third kappa shape index (κ3) is 1.95.